The summed E-state index contributed by atoms with van der Waals surface area (Å²) in [6.07, 6.45) is 6.65. The number of benzene rings is 2. The number of nitrogens with zero attached hydrogens (tertiary/aromatic N) is 1. The minimum absolute atomic E-state index is 0.222. The van der Waals surface area contributed by atoms with Crippen molar-refractivity contribution < 1.29 is 9.21 Å². The van der Waals surface area contributed by atoms with Gasteiger partial charge in [-0.05, 0) is 93.0 Å². The standard InChI is InChI=1S/C26H25Cl2N3O2S/c1-17-5-2-3-16-31(17)19-10-8-18(9-11-19)29-26(34)30-24(32)15-13-20-12-14-23(33-20)21-6-4-7-22(27)25(21)28/h4,6-15,17H,2-3,5,16H2,1H3,(H2,29,30,32,34)/b15-13+. The van der Waals surface area contributed by atoms with E-state index in [1.54, 1.807) is 30.3 Å². The van der Waals surface area contributed by atoms with E-state index < -0.39 is 0 Å². The van der Waals surface area contributed by atoms with Crippen molar-refractivity contribution in [2.75, 3.05) is 16.8 Å². The number of rotatable bonds is 5. The highest BCUT2D eigenvalue weighted by Gasteiger charge is 2.18. The molecule has 3 aromatic rings. The quantitative estimate of drug-likeness (QED) is 0.280. The van der Waals surface area contributed by atoms with E-state index in [4.69, 9.17) is 39.8 Å². The third-order valence-electron chi connectivity index (χ3n) is 5.74. The average molecular weight is 514 g/mol. The summed E-state index contributed by atoms with van der Waals surface area (Å²) in [5.74, 6) is 0.699. The smallest absolute Gasteiger partial charge is 0.250 e. The van der Waals surface area contributed by atoms with Gasteiger partial charge in [0.05, 0.1) is 10.0 Å². The lowest BCUT2D eigenvalue weighted by molar-refractivity contribution is -0.115. The topological polar surface area (TPSA) is 57.5 Å². The molecule has 34 heavy (non-hydrogen) atoms. The summed E-state index contributed by atoms with van der Waals surface area (Å²) in [5, 5.41) is 6.78. The molecule has 176 valence electrons. The van der Waals surface area contributed by atoms with Crippen molar-refractivity contribution in [2.45, 2.75) is 32.2 Å². The minimum atomic E-state index is -0.366. The van der Waals surface area contributed by atoms with Crippen LogP contribution in [0.5, 0.6) is 0 Å². The fourth-order valence-electron chi connectivity index (χ4n) is 3.97. The first kappa shape index (κ1) is 24.3. The van der Waals surface area contributed by atoms with E-state index >= 15 is 0 Å². The number of hydrogen-bond donors (Lipinski definition) is 2. The Hall–Kier alpha value is -2.80. The fraction of sp³-hybridized carbons (Fsp3) is 0.231. The first-order valence-corrected chi connectivity index (χ1v) is 12.3. The summed E-state index contributed by atoms with van der Waals surface area (Å²) < 4.78 is 5.76. The lowest BCUT2D eigenvalue weighted by Crippen LogP contribution is -2.37. The predicted octanol–water partition coefficient (Wildman–Crippen LogP) is 7.16. The Balaban J connectivity index is 1.31. The number of anilines is 2. The molecule has 1 aliphatic heterocycles. The number of furan rings is 1. The monoisotopic (exact) mass is 513 g/mol. The van der Waals surface area contributed by atoms with E-state index in [2.05, 4.69) is 34.6 Å². The summed E-state index contributed by atoms with van der Waals surface area (Å²) in [4.78, 5) is 14.7. The summed E-state index contributed by atoms with van der Waals surface area (Å²) in [5.41, 5.74) is 2.70. The zero-order valence-electron chi connectivity index (χ0n) is 18.7. The van der Waals surface area contributed by atoms with Crippen LogP contribution < -0.4 is 15.5 Å². The number of halogens is 2. The average Bonchev–Trinajstić information content (AvgIpc) is 3.29. The first-order chi connectivity index (χ1) is 16.4. The van der Waals surface area contributed by atoms with Gasteiger partial charge in [-0.2, -0.15) is 0 Å². The first-order valence-electron chi connectivity index (χ1n) is 11.1. The van der Waals surface area contributed by atoms with Gasteiger partial charge in [0.2, 0.25) is 5.91 Å². The number of amides is 1. The summed E-state index contributed by atoms with van der Waals surface area (Å²) in [6.45, 7) is 3.34. The summed E-state index contributed by atoms with van der Waals surface area (Å²) in [6, 6.07) is 17.5. The molecule has 0 bridgehead atoms. The van der Waals surface area contributed by atoms with Crippen molar-refractivity contribution in [3.8, 4) is 11.3 Å². The lowest BCUT2D eigenvalue weighted by Gasteiger charge is -2.35. The number of carbonyl (C=O) groups excluding carboxylic acids is 1. The van der Waals surface area contributed by atoms with Gasteiger partial charge in [0.15, 0.2) is 5.11 Å². The molecule has 1 amide bonds. The van der Waals surface area contributed by atoms with Crippen LogP contribution in [-0.2, 0) is 4.79 Å². The van der Waals surface area contributed by atoms with Crippen molar-refractivity contribution >= 4 is 63.9 Å². The third kappa shape index (κ3) is 6.00. The molecule has 1 fully saturated rings. The van der Waals surface area contributed by atoms with Crippen LogP contribution in [0.4, 0.5) is 11.4 Å². The molecule has 0 aliphatic carbocycles. The van der Waals surface area contributed by atoms with Gasteiger partial charge in [-0.25, -0.2) is 0 Å². The molecule has 0 saturated carbocycles. The van der Waals surface area contributed by atoms with Crippen molar-refractivity contribution in [2.24, 2.45) is 0 Å². The van der Waals surface area contributed by atoms with Gasteiger partial charge in [-0.1, -0.05) is 29.3 Å². The highest BCUT2D eigenvalue weighted by Crippen LogP contribution is 2.34. The maximum absolute atomic E-state index is 12.3. The van der Waals surface area contributed by atoms with Crippen molar-refractivity contribution in [3.05, 3.63) is 76.5 Å². The highest BCUT2D eigenvalue weighted by molar-refractivity contribution is 7.80. The van der Waals surface area contributed by atoms with E-state index in [1.807, 2.05) is 18.2 Å². The Morgan fingerprint density at radius 1 is 1.12 bits per heavy atom. The molecule has 2 heterocycles. The van der Waals surface area contributed by atoms with Gasteiger partial charge in [0.25, 0.3) is 0 Å². The lowest BCUT2D eigenvalue weighted by atomic mass is 10.0. The van der Waals surface area contributed by atoms with Crippen LogP contribution in [0.25, 0.3) is 17.4 Å². The van der Waals surface area contributed by atoms with Crippen LogP contribution >= 0.6 is 35.4 Å². The molecule has 8 heteroatoms. The third-order valence-corrected chi connectivity index (χ3v) is 6.76. The second-order valence-electron chi connectivity index (χ2n) is 8.17. The molecular formula is C26H25Cl2N3O2S. The number of nitrogens with one attached hydrogen (secondary N) is 2. The number of carbonyl (C=O) groups is 1. The Bertz CT molecular complexity index is 1210. The minimum Gasteiger partial charge on any atom is -0.457 e. The van der Waals surface area contributed by atoms with Crippen LogP contribution in [0.15, 0.2) is 65.1 Å². The molecule has 2 aromatic carbocycles. The van der Waals surface area contributed by atoms with Crippen LogP contribution in [0.1, 0.15) is 31.9 Å². The van der Waals surface area contributed by atoms with Crippen LogP contribution in [0.2, 0.25) is 10.0 Å². The molecule has 5 nitrogen and oxygen atoms in total. The molecule has 1 saturated heterocycles. The number of thiocarbonyl (C=S) groups is 1. The second-order valence-corrected chi connectivity index (χ2v) is 9.36. The SMILES string of the molecule is CC1CCCCN1c1ccc(NC(=S)NC(=O)/C=C/c2ccc(-c3cccc(Cl)c3Cl)o2)cc1. The Morgan fingerprint density at radius 3 is 2.68 bits per heavy atom. The van der Waals surface area contributed by atoms with Gasteiger partial charge < -0.3 is 14.6 Å². The molecule has 1 aliphatic rings. The van der Waals surface area contributed by atoms with Gasteiger partial charge in [-0.3, -0.25) is 10.1 Å². The Labute approximate surface area is 214 Å². The molecule has 0 spiro atoms. The molecule has 1 aromatic heterocycles. The predicted molar refractivity (Wildman–Crippen MR) is 145 cm³/mol. The molecule has 1 atom stereocenters. The fourth-order valence-corrected chi connectivity index (χ4v) is 4.59. The van der Waals surface area contributed by atoms with Gasteiger partial charge in [-0.15, -0.1) is 0 Å². The zero-order valence-corrected chi connectivity index (χ0v) is 21.0. The molecular weight excluding hydrogens is 489 g/mol. The Kier molecular flexibility index (Phi) is 7.93. The second kappa shape index (κ2) is 11.1. The van der Waals surface area contributed by atoms with Crippen LogP contribution in [0, 0.1) is 0 Å². The molecule has 0 radical (unpaired) electrons. The van der Waals surface area contributed by atoms with Crippen molar-refractivity contribution in [3.63, 3.8) is 0 Å². The number of piperidine rings is 1. The highest BCUT2D eigenvalue weighted by atomic mass is 35.5. The number of hydrogen-bond acceptors (Lipinski definition) is 4. The van der Waals surface area contributed by atoms with E-state index in [0.29, 0.717) is 33.2 Å². The molecule has 4 rings (SSSR count). The normalized spacial score (nSPS) is 16.0. The van der Waals surface area contributed by atoms with Gasteiger partial charge in [0, 0.05) is 35.6 Å². The van der Waals surface area contributed by atoms with E-state index in [9.17, 15) is 4.79 Å². The summed E-state index contributed by atoms with van der Waals surface area (Å²) in [7, 11) is 0. The largest absolute Gasteiger partial charge is 0.457 e. The Morgan fingerprint density at radius 2 is 1.91 bits per heavy atom. The van der Waals surface area contributed by atoms with Crippen molar-refractivity contribution in [1.29, 1.82) is 0 Å². The van der Waals surface area contributed by atoms with E-state index in [1.165, 1.54) is 31.0 Å². The van der Waals surface area contributed by atoms with E-state index in [-0.39, 0.29) is 11.0 Å². The van der Waals surface area contributed by atoms with Crippen molar-refractivity contribution in [1.82, 2.24) is 5.32 Å². The van der Waals surface area contributed by atoms with Gasteiger partial charge >= 0.3 is 0 Å². The van der Waals surface area contributed by atoms with E-state index in [0.717, 1.165) is 12.2 Å². The maximum Gasteiger partial charge on any atom is 0.250 e. The maximum atomic E-state index is 12.3. The summed E-state index contributed by atoms with van der Waals surface area (Å²) >= 11 is 17.6. The van der Waals surface area contributed by atoms with Crippen LogP contribution in [0.3, 0.4) is 0 Å². The molecule has 1 unspecified atom stereocenters. The van der Waals surface area contributed by atoms with Crippen LogP contribution in [-0.4, -0.2) is 23.6 Å². The van der Waals surface area contributed by atoms with Gasteiger partial charge in [0.1, 0.15) is 11.5 Å². The zero-order chi connectivity index (χ0) is 24.1. The molecule has 2 N–H and O–H groups in total.